The zero-order valence-electron chi connectivity index (χ0n) is 12.5. The minimum atomic E-state index is -0.546. The first-order chi connectivity index (χ1) is 11.5. The summed E-state index contributed by atoms with van der Waals surface area (Å²) in [7, 11) is 1.43. The van der Waals surface area contributed by atoms with E-state index in [9.17, 15) is 20.2 Å². The lowest BCUT2D eigenvalue weighted by Gasteiger charge is -2.06. The van der Waals surface area contributed by atoms with Crippen molar-refractivity contribution >= 4 is 33.5 Å². The van der Waals surface area contributed by atoms with E-state index in [1.165, 1.54) is 25.3 Å². The summed E-state index contributed by atoms with van der Waals surface area (Å²) in [4.78, 5) is 23.0. The molecule has 0 N–H and O–H groups in total. The smallest absolute Gasteiger partial charge is 0.284 e. The molecule has 0 unspecified atom stereocenters. The molecule has 2 aromatic carbocycles. The number of benzene rings is 2. The molecule has 0 radical (unpaired) electrons. The van der Waals surface area contributed by atoms with Crippen molar-refractivity contribution in [1.82, 2.24) is 0 Å². The van der Waals surface area contributed by atoms with Gasteiger partial charge in [-0.25, -0.2) is 0 Å². The molecule has 6 nitrogen and oxygen atoms in total. The van der Waals surface area contributed by atoms with Crippen LogP contribution in [0.1, 0.15) is 15.9 Å². The molecule has 2 aromatic rings. The fraction of sp³-hybridized carbons (Fsp3) is 0.0588. The number of nitro benzene ring substituents is 1. The number of para-hydroxylation sites is 1. The van der Waals surface area contributed by atoms with Crippen LogP contribution in [0.25, 0.3) is 6.08 Å². The van der Waals surface area contributed by atoms with Gasteiger partial charge in [0, 0.05) is 6.07 Å². The lowest BCUT2D eigenvalue weighted by atomic mass is 10.0. The number of methoxy groups -OCH3 is 1. The molecule has 0 aliphatic rings. The van der Waals surface area contributed by atoms with Gasteiger partial charge in [0.1, 0.15) is 17.4 Å². The molecule has 24 heavy (non-hydrogen) atoms. The first-order valence-corrected chi connectivity index (χ1v) is 7.50. The molecule has 120 valence electrons. The average Bonchev–Trinajstić information content (AvgIpc) is 2.60. The first kappa shape index (κ1) is 17.4. The highest BCUT2D eigenvalue weighted by Gasteiger charge is 2.17. The van der Waals surface area contributed by atoms with Crippen LogP contribution in [-0.4, -0.2) is 17.8 Å². The van der Waals surface area contributed by atoms with Crippen molar-refractivity contribution in [2.75, 3.05) is 7.11 Å². The Morgan fingerprint density at radius 3 is 2.67 bits per heavy atom. The van der Waals surface area contributed by atoms with Gasteiger partial charge in [-0.15, -0.1) is 0 Å². The molecule has 0 aliphatic carbocycles. The fourth-order valence-corrected chi connectivity index (χ4v) is 2.44. The number of allylic oxidation sites excluding steroid dienone is 1. The highest BCUT2D eigenvalue weighted by atomic mass is 79.9. The normalized spacial score (nSPS) is 10.8. The van der Waals surface area contributed by atoms with Crippen LogP contribution in [0.3, 0.4) is 0 Å². The number of halogens is 1. The molecular formula is C17H11BrN2O4. The van der Waals surface area contributed by atoms with E-state index >= 15 is 0 Å². The third-order valence-corrected chi connectivity index (χ3v) is 3.87. The maximum Gasteiger partial charge on any atom is 0.284 e. The summed E-state index contributed by atoms with van der Waals surface area (Å²) in [6, 6.07) is 12.7. The van der Waals surface area contributed by atoms with Gasteiger partial charge in [-0.05, 0) is 45.8 Å². The second kappa shape index (κ2) is 7.53. The summed E-state index contributed by atoms with van der Waals surface area (Å²) in [5.41, 5.74) is 0.339. The highest BCUT2D eigenvalue weighted by molar-refractivity contribution is 9.10. The Morgan fingerprint density at radius 2 is 2.04 bits per heavy atom. The van der Waals surface area contributed by atoms with Crippen molar-refractivity contribution in [3.8, 4) is 11.8 Å². The van der Waals surface area contributed by atoms with Crippen molar-refractivity contribution in [1.29, 1.82) is 5.26 Å². The minimum absolute atomic E-state index is 0.142. The molecule has 0 saturated heterocycles. The number of nitrogens with zero attached hydrogens (tertiary/aromatic N) is 2. The van der Waals surface area contributed by atoms with Gasteiger partial charge in [-0.3, -0.25) is 14.9 Å². The Labute approximate surface area is 146 Å². The molecule has 0 aromatic heterocycles. The van der Waals surface area contributed by atoms with Gasteiger partial charge in [-0.1, -0.05) is 18.2 Å². The van der Waals surface area contributed by atoms with E-state index in [-0.39, 0.29) is 16.8 Å². The molecule has 0 bridgehead atoms. The van der Waals surface area contributed by atoms with Crippen LogP contribution in [0, 0.1) is 21.4 Å². The standard InChI is InChI=1S/C17H11BrN2O4/c1-24-16-5-3-2-4-13(16)17(21)12(10-19)8-11-6-7-14(18)15(9-11)20(22)23/h2-9H,1H3/b12-8+. The predicted molar refractivity (Wildman–Crippen MR) is 91.7 cm³/mol. The number of Topliss-reactive ketones (excluding diaryl/α,β-unsaturated/α-hetero) is 1. The number of ketones is 1. The van der Waals surface area contributed by atoms with Crippen molar-refractivity contribution in [2.24, 2.45) is 0 Å². The third kappa shape index (κ3) is 3.67. The predicted octanol–water partition coefficient (Wildman–Crippen LogP) is 4.16. The van der Waals surface area contributed by atoms with Crippen molar-refractivity contribution < 1.29 is 14.5 Å². The SMILES string of the molecule is COc1ccccc1C(=O)/C(C#N)=C/c1ccc(Br)c([N+](=O)[O-])c1. The lowest BCUT2D eigenvalue weighted by molar-refractivity contribution is -0.385. The van der Waals surface area contributed by atoms with E-state index in [4.69, 9.17) is 4.74 Å². The van der Waals surface area contributed by atoms with Gasteiger partial charge in [0.25, 0.3) is 5.69 Å². The van der Waals surface area contributed by atoms with Gasteiger partial charge in [0.2, 0.25) is 5.78 Å². The minimum Gasteiger partial charge on any atom is -0.496 e. The molecule has 0 amide bonds. The summed E-state index contributed by atoms with van der Waals surface area (Å²) in [5.74, 6) is -0.161. The lowest BCUT2D eigenvalue weighted by Crippen LogP contribution is -2.04. The van der Waals surface area contributed by atoms with Gasteiger partial charge in [0.05, 0.1) is 22.1 Å². The quantitative estimate of drug-likeness (QED) is 0.253. The van der Waals surface area contributed by atoms with E-state index in [1.54, 1.807) is 30.3 Å². The molecule has 0 aliphatic heterocycles. The summed E-state index contributed by atoms with van der Waals surface area (Å²) in [6.07, 6.45) is 1.31. The summed E-state index contributed by atoms with van der Waals surface area (Å²) in [6.45, 7) is 0. The number of ether oxygens (including phenoxy) is 1. The Bertz CT molecular complexity index is 884. The van der Waals surface area contributed by atoms with E-state index in [0.29, 0.717) is 15.8 Å². The van der Waals surface area contributed by atoms with Gasteiger partial charge < -0.3 is 4.74 Å². The van der Waals surface area contributed by atoms with E-state index in [0.717, 1.165) is 0 Å². The van der Waals surface area contributed by atoms with Crippen LogP contribution in [0.15, 0.2) is 52.5 Å². The zero-order chi connectivity index (χ0) is 17.7. The number of nitro groups is 1. The van der Waals surface area contributed by atoms with Gasteiger partial charge >= 0.3 is 0 Å². The fourth-order valence-electron chi connectivity index (χ4n) is 2.05. The number of nitriles is 1. The van der Waals surface area contributed by atoms with Crippen LogP contribution >= 0.6 is 15.9 Å². The number of carbonyl (C=O) groups is 1. The van der Waals surface area contributed by atoms with Crippen LogP contribution < -0.4 is 4.74 Å². The van der Waals surface area contributed by atoms with Crippen LogP contribution in [0.5, 0.6) is 5.75 Å². The first-order valence-electron chi connectivity index (χ1n) is 6.71. The second-order valence-corrected chi connectivity index (χ2v) is 5.52. The topological polar surface area (TPSA) is 93.2 Å². The van der Waals surface area contributed by atoms with Crippen LogP contribution in [-0.2, 0) is 0 Å². The number of hydrogen-bond acceptors (Lipinski definition) is 5. The zero-order valence-corrected chi connectivity index (χ0v) is 14.1. The van der Waals surface area contributed by atoms with E-state index < -0.39 is 10.7 Å². The van der Waals surface area contributed by atoms with Crippen LogP contribution in [0.2, 0.25) is 0 Å². The molecule has 2 rings (SSSR count). The number of rotatable bonds is 5. The monoisotopic (exact) mass is 386 g/mol. The highest BCUT2D eigenvalue weighted by Crippen LogP contribution is 2.27. The Kier molecular flexibility index (Phi) is 5.45. The molecule has 0 heterocycles. The summed E-state index contributed by atoms with van der Waals surface area (Å²) in [5, 5.41) is 20.3. The summed E-state index contributed by atoms with van der Waals surface area (Å²) >= 11 is 3.09. The Morgan fingerprint density at radius 1 is 1.33 bits per heavy atom. The maximum atomic E-state index is 12.5. The molecule has 0 spiro atoms. The number of hydrogen-bond donors (Lipinski definition) is 0. The average molecular weight is 387 g/mol. The maximum absolute atomic E-state index is 12.5. The van der Waals surface area contributed by atoms with Gasteiger partial charge in [-0.2, -0.15) is 5.26 Å². The van der Waals surface area contributed by atoms with Crippen molar-refractivity contribution in [3.63, 3.8) is 0 Å². The van der Waals surface area contributed by atoms with E-state index in [2.05, 4.69) is 15.9 Å². The molecule has 7 heteroatoms. The van der Waals surface area contributed by atoms with Crippen LogP contribution in [0.4, 0.5) is 5.69 Å². The molecule has 0 atom stereocenters. The van der Waals surface area contributed by atoms with E-state index in [1.807, 2.05) is 6.07 Å². The Hall–Kier alpha value is -2.98. The third-order valence-electron chi connectivity index (χ3n) is 3.19. The second-order valence-electron chi connectivity index (χ2n) is 4.67. The van der Waals surface area contributed by atoms with Gasteiger partial charge in [0.15, 0.2) is 0 Å². The number of carbonyl (C=O) groups excluding carboxylic acids is 1. The summed E-state index contributed by atoms with van der Waals surface area (Å²) < 4.78 is 5.44. The molecule has 0 fully saturated rings. The van der Waals surface area contributed by atoms with Crippen molar-refractivity contribution in [3.05, 3.63) is 73.8 Å². The largest absolute Gasteiger partial charge is 0.496 e. The Balaban J connectivity index is 2.47. The van der Waals surface area contributed by atoms with Crippen molar-refractivity contribution in [2.45, 2.75) is 0 Å². The molecule has 0 saturated carbocycles. The molecular weight excluding hydrogens is 376 g/mol.